The number of hydrogen-bond acceptors (Lipinski definition) is 4. The maximum Gasteiger partial charge on any atom is 0.423 e. The summed E-state index contributed by atoms with van der Waals surface area (Å²) in [5, 5.41) is 2.64. The third kappa shape index (κ3) is 4.80. The second kappa shape index (κ2) is 7.26. The molecule has 2 rings (SSSR count). The SMILES string of the molecule is CCCCOc1nc(Nc2cccc(F)c2)ncc1C(F)(F)F. The van der Waals surface area contributed by atoms with Crippen LogP contribution in [0.2, 0.25) is 0 Å². The molecule has 2 aromatic rings. The second-order valence-electron chi connectivity index (χ2n) is 4.75. The first-order valence-corrected chi connectivity index (χ1v) is 6.99. The minimum absolute atomic E-state index is 0.102. The lowest BCUT2D eigenvalue weighted by atomic mass is 10.3. The van der Waals surface area contributed by atoms with Crippen LogP contribution >= 0.6 is 0 Å². The second-order valence-corrected chi connectivity index (χ2v) is 4.75. The van der Waals surface area contributed by atoms with Crippen molar-refractivity contribution in [3.8, 4) is 5.88 Å². The predicted octanol–water partition coefficient (Wildman–Crippen LogP) is 4.56. The van der Waals surface area contributed by atoms with E-state index in [1.165, 1.54) is 18.2 Å². The number of rotatable bonds is 6. The summed E-state index contributed by atoms with van der Waals surface area (Å²) in [6.07, 6.45) is -2.58. The lowest BCUT2D eigenvalue weighted by molar-refractivity contribution is -0.139. The molecule has 0 unspecified atom stereocenters. The Balaban J connectivity index is 2.26. The van der Waals surface area contributed by atoms with E-state index in [2.05, 4.69) is 15.3 Å². The van der Waals surface area contributed by atoms with E-state index < -0.39 is 23.4 Å². The van der Waals surface area contributed by atoms with Crippen LogP contribution in [0.15, 0.2) is 30.5 Å². The summed E-state index contributed by atoms with van der Waals surface area (Å²) in [6.45, 7) is 2.01. The van der Waals surface area contributed by atoms with Crippen molar-refractivity contribution in [2.45, 2.75) is 25.9 Å². The van der Waals surface area contributed by atoms with Gasteiger partial charge in [0.1, 0.15) is 11.4 Å². The largest absolute Gasteiger partial charge is 0.477 e. The van der Waals surface area contributed by atoms with Gasteiger partial charge in [-0.05, 0) is 24.6 Å². The number of nitrogens with one attached hydrogen (secondary N) is 1. The number of anilines is 2. The van der Waals surface area contributed by atoms with Crippen molar-refractivity contribution in [1.82, 2.24) is 9.97 Å². The Morgan fingerprint density at radius 3 is 2.70 bits per heavy atom. The Morgan fingerprint density at radius 2 is 2.04 bits per heavy atom. The van der Waals surface area contributed by atoms with Crippen LogP contribution in [-0.4, -0.2) is 16.6 Å². The standard InChI is InChI=1S/C15H15F4N3O/c1-2-3-7-23-13-12(15(17,18)19)9-20-14(22-13)21-11-6-4-5-10(16)8-11/h4-6,8-9H,2-3,7H2,1H3,(H,20,21,22). The zero-order chi connectivity index (χ0) is 16.9. The quantitative estimate of drug-likeness (QED) is 0.623. The van der Waals surface area contributed by atoms with E-state index in [1.807, 2.05) is 6.92 Å². The van der Waals surface area contributed by atoms with Crippen molar-refractivity contribution in [2.24, 2.45) is 0 Å². The predicted molar refractivity (Wildman–Crippen MR) is 77.1 cm³/mol. The van der Waals surface area contributed by atoms with E-state index >= 15 is 0 Å². The van der Waals surface area contributed by atoms with Crippen molar-refractivity contribution < 1.29 is 22.3 Å². The molecule has 0 bridgehead atoms. The number of ether oxygens (including phenoxy) is 1. The smallest absolute Gasteiger partial charge is 0.423 e. The summed E-state index contributed by atoms with van der Waals surface area (Å²) in [5.74, 6) is -1.13. The lowest BCUT2D eigenvalue weighted by Gasteiger charge is -2.14. The number of aromatic nitrogens is 2. The van der Waals surface area contributed by atoms with Gasteiger partial charge in [0.15, 0.2) is 0 Å². The van der Waals surface area contributed by atoms with Crippen LogP contribution in [0, 0.1) is 5.82 Å². The third-order valence-corrected chi connectivity index (χ3v) is 2.88. The molecule has 1 aromatic carbocycles. The van der Waals surface area contributed by atoms with Gasteiger partial charge in [-0.25, -0.2) is 9.37 Å². The fraction of sp³-hybridized carbons (Fsp3) is 0.333. The van der Waals surface area contributed by atoms with Gasteiger partial charge in [0.2, 0.25) is 11.8 Å². The van der Waals surface area contributed by atoms with E-state index in [1.54, 1.807) is 6.07 Å². The van der Waals surface area contributed by atoms with Gasteiger partial charge in [-0.2, -0.15) is 18.2 Å². The van der Waals surface area contributed by atoms with E-state index in [0.29, 0.717) is 18.3 Å². The van der Waals surface area contributed by atoms with Crippen molar-refractivity contribution in [1.29, 1.82) is 0 Å². The van der Waals surface area contributed by atoms with Crippen LogP contribution in [0.5, 0.6) is 5.88 Å². The Kier molecular flexibility index (Phi) is 5.36. The average Bonchev–Trinajstić information content (AvgIpc) is 2.46. The number of benzene rings is 1. The first-order valence-electron chi connectivity index (χ1n) is 6.99. The summed E-state index contributed by atoms with van der Waals surface area (Å²) in [4.78, 5) is 7.36. The zero-order valence-corrected chi connectivity index (χ0v) is 12.3. The van der Waals surface area contributed by atoms with Gasteiger partial charge >= 0.3 is 6.18 Å². The molecule has 1 N–H and O–H groups in total. The number of halogens is 4. The van der Waals surface area contributed by atoms with Crippen LogP contribution in [0.4, 0.5) is 29.2 Å². The highest BCUT2D eigenvalue weighted by Gasteiger charge is 2.36. The number of nitrogens with zero attached hydrogens (tertiary/aromatic N) is 2. The molecule has 0 saturated carbocycles. The van der Waals surface area contributed by atoms with Gasteiger partial charge in [-0.15, -0.1) is 0 Å². The number of alkyl halides is 3. The van der Waals surface area contributed by atoms with Gasteiger partial charge in [0, 0.05) is 11.9 Å². The van der Waals surface area contributed by atoms with Gasteiger partial charge in [-0.1, -0.05) is 19.4 Å². The number of hydrogen-bond donors (Lipinski definition) is 1. The third-order valence-electron chi connectivity index (χ3n) is 2.88. The molecule has 0 aliphatic heterocycles. The van der Waals surface area contributed by atoms with Crippen molar-refractivity contribution in [3.05, 3.63) is 41.8 Å². The molecule has 0 saturated heterocycles. The maximum atomic E-state index is 13.1. The fourth-order valence-electron chi connectivity index (χ4n) is 1.74. The first kappa shape index (κ1) is 17.0. The minimum Gasteiger partial charge on any atom is -0.477 e. The molecule has 23 heavy (non-hydrogen) atoms. The Bertz CT molecular complexity index is 661. The van der Waals surface area contributed by atoms with Crippen molar-refractivity contribution in [2.75, 3.05) is 11.9 Å². The highest BCUT2D eigenvalue weighted by molar-refractivity contribution is 5.53. The van der Waals surface area contributed by atoms with Crippen LogP contribution < -0.4 is 10.1 Å². The van der Waals surface area contributed by atoms with E-state index in [4.69, 9.17) is 4.74 Å². The molecule has 124 valence electrons. The minimum atomic E-state index is -4.61. The van der Waals surface area contributed by atoms with Crippen LogP contribution in [-0.2, 0) is 6.18 Å². The molecule has 0 aliphatic carbocycles. The lowest BCUT2D eigenvalue weighted by Crippen LogP contribution is -2.13. The van der Waals surface area contributed by atoms with Crippen LogP contribution in [0.1, 0.15) is 25.3 Å². The monoisotopic (exact) mass is 329 g/mol. The molecule has 0 atom stereocenters. The average molecular weight is 329 g/mol. The first-order chi connectivity index (χ1) is 10.9. The van der Waals surface area contributed by atoms with Gasteiger partial charge in [0.25, 0.3) is 0 Å². The molecule has 0 radical (unpaired) electrons. The zero-order valence-electron chi connectivity index (χ0n) is 12.3. The molecule has 1 aromatic heterocycles. The summed E-state index contributed by atoms with van der Waals surface area (Å²) >= 11 is 0. The van der Waals surface area contributed by atoms with Gasteiger partial charge < -0.3 is 10.1 Å². The Morgan fingerprint density at radius 1 is 1.26 bits per heavy atom. The maximum absolute atomic E-state index is 13.1. The molecule has 1 heterocycles. The van der Waals surface area contributed by atoms with Crippen LogP contribution in [0.3, 0.4) is 0 Å². The van der Waals surface area contributed by atoms with Crippen LogP contribution in [0.25, 0.3) is 0 Å². The molecule has 4 nitrogen and oxygen atoms in total. The number of unbranched alkanes of at least 4 members (excludes halogenated alkanes) is 1. The molecule has 8 heteroatoms. The summed E-state index contributed by atoms with van der Waals surface area (Å²) in [5.41, 5.74) is -0.720. The molecule has 0 amide bonds. The van der Waals surface area contributed by atoms with E-state index in [9.17, 15) is 17.6 Å². The molecule has 0 spiro atoms. The summed E-state index contributed by atoms with van der Waals surface area (Å²) < 4.78 is 57.1. The van der Waals surface area contributed by atoms with E-state index in [0.717, 1.165) is 6.42 Å². The molecule has 0 fully saturated rings. The van der Waals surface area contributed by atoms with E-state index in [-0.39, 0.29) is 12.6 Å². The highest BCUT2D eigenvalue weighted by atomic mass is 19.4. The topological polar surface area (TPSA) is 47.0 Å². The fourth-order valence-corrected chi connectivity index (χ4v) is 1.74. The summed E-state index contributed by atoms with van der Waals surface area (Å²) in [7, 11) is 0. The van der Waals surface area contributed by atoms with Crippen molar-refractivity contribution in [3.63, 3.8) is 0 Å². The molecular formula is C15H15F4N3O. The highest BCUT2D eigenvalue weighted by Crippen LogP contribution is 2.35. The Labute approximate surface area is 130 Å². The molecular weight excluding hydrogens is 314 g/mol. The van der Waals surface area contributed by atoms with Gasteiger partial charge in [-0.3, -0.25) is 0 Å². The normalized spacial score (nSPS) is 11.3. The summed E-state index contributed by atoms with van der Waals surface area (Å²) in [6, 6.07) is 5.43. The van der Waals surface area contributed by atoms with Gasteiger partial charge in [0.05, 0.1) is 6.61 Å². The molecule has 0 aliphatic rings. The van der Waals surface area contributed by atoms with Crippen molar-refractivity contribution >= 4 is 11.6 Å². The Hall–Kier alpha value is -2.38.